The van der Waals surface area contributed by atoms with Crippen molar-refractivity contribution in [3.05, 3.63) is 65.7 Å². The minimum atomic E-state index is -1.14. The summed E-state index contributed by atoms with van der Waals surface area (Å²) in [5, 5.41) is 1.80. The summed E-state index contributed by atoms with van der Waals surface area (Å²) in [6, 6.07) is 24.7. The average Bonchev–Trinajstić information content (AvgIpc) is 2.90. The molecule has 0 unspecified atom stereocenters. The fraction of sp³-hybridized carbons (Fsp3) is 0.368. The number of benzene rings is 2. The van der Waals surface area contributed by atoms with Crippen LogP contribution >= 0.6 is 0 Å². The van der Waals surface area contributed by atoms with Crippen LogP contribution in [-0.2, 0) is 13.0 Å². The predicted octanol–water partition coefficient (Wildman–Crippen LogP) is 3.41. The first kappa shape index (κ1) is 13.3. The Morgan fingerprint density at radius 3 is 2.33 bits per heavy atom. The van der Waals surface area contributed by atoms with Gasteiger partial charge in [0.1, 0.15) is 0 Å². The zero-order valence-corrected chi connectivity index (χ0v) is 13.6. The summed E-state index contributed by atoms with van der Waals surface area (Å²) in [7, 11) is -1.14. The molecule has 0 atom stereocenters. The van der Waals surface area contributed by atoms with Crippen molar-refractivity contribution >= 4 is 13.3 Å². The van der Waals surface area contributed by atoms with Gasteiger partial charge in [-0.05, 0) is 48.8 Å². The van der Waals surface area contributed by atoms with E-state index in [9.17, 15) is 0 Å². The van der Waals surface area contributed by atoms with Crippen LogP contribution in [0.1, 0.15) is 11.1 Å². The van der Waals surface area contributed by atoms with Crippen LogP contribution in [0.15, 0.2) is 54.6 Å². The molecule has 1 fully saturated rings. The van der Waals surface area contributed by atoms with Gasteiger partial charge in [0.05, 0.1) is 8.07 Å². The maximum atomic E-state index is 2.66. The van der Waals surface area contributed by atoms with E-state index in [0.29, 0.717) is 0 Å². The maximum Gasteiger partial charge on any atom is 0.0899 e. The summed E-state index contributed by atoms with van der Waals surface area (Å²) in [5.41, 5.74) is 3.13. The lowest BCUT2D eigenvalue weighted by Gasteiger charge is -2.38. The molecule has 2 heteroatoms. The third kappa shape index (κ3) is 2.47. The van der Waals surface area contributed by atoms with Crippen molar-refractivity contribution in [3.8, 4) is 0 Å². The van der Waals surface area contributed by atoms with Gasteiger partial charge in [-0.1, -0.05) is 59.8 Å². The standard InChI is InChI=1S/C19H23NSi/c1-2-6-17(7-3-1)16-20-11-14-21(15-12-20)13-10-18-8-4-5-9-19(18)21/h1-9H,10-16H2. The number of nitrogens with zero attached hydrogens (tertiary/aromatic N) is 1. The normalized spacial score (nSPS) is 20.6. The van der Waals surface area contributed by atoms with Gasteiger partial charge in [0.15, 0.2) is 0 Å². The summed E-state index contributed by atoms with van der Waals surface area (Å²) >= 11 is 0. The van der Waals surface area contributed by atoms with E-state index in [1.54, 1.807) is 10.8 Å². The molecular weight excluding hydrogens is 270 g/mol. The van der Waals surface area contributed by atoms with Gasteiger partial charge in [0, 0.05) is 6.54 Å². The molecule has 0 radical (unpaired) electrons. The quantitative estimate of drug-likeness (QED) is 0.767. The number of fused-ring (bicyclic) bond motifs is 2. The Balaban J connectivity index is 1.46. The van der Waals surface area contributed by atoms with Crippen LogP contribution in [0.5, 0.6) is 0 Å². The average molecular weight is 293 g/mol. The van der Waals surface area contributed by atoms with Gasteiger partial charge in [-0.25, -0.2) is 0 Å². The highest BCUT2D eigenvalue weighted by Gasteiger charge is 2.42. The van der Waals surface area contributed by atoms with Gasteiger partial charge >= 0.3 is 0 Å². The van der Waals surface area contributed by atoms with E-state index in [4.69, 9.17) is 0 Å². The Bertz CT molecular complexity index is 614. The molecule has 2 aliphatic heterocycles. The number of rotatable bonds is 2. The first-order valence-corrected chi connectivity index (χ1v) is 10.8. The molecule has 108 valence electrons. The molecule has 4 rings (SSSR count). The van der Waals surface area contributed by atoms with Gasteiger partial charge in [-0.15, -0.1) is 0 Å². The lowest BCUT2D eigenvalue weighted by atomic mass is 10.2. The second-order valence-corrected chi connectivity index (χ2v) is 11.3. The summed E-state index contributed by atoms with van der Waals surface area (Å²) in [6.45, 7) is 3.73. The Kier molecular flexibility index (Phi) is 3.44. The highest BCUT2D eigenvalue weighted by molar-refractivity contribution is 6.93. The van der Waals surface area contributed by atoms with Crippen molar-refractivity contribution in [2.75, 3.05) is 13.1 Å². The Labute approximate surface area is 128 Å². The molecule has 0 aromatic heterocycles. The van der Waals surface area contributed by atoms with Crippen LogP contribution in [0.3, 0.4) is 0 Å². The minimum Gasteiger partial charge on any atom is -0.300 e. The fourth-order valence-corrected chi connectivity index (χ4v) is 9.40. The molecule has 21 heavy (non-hydrogen) atoms. The molecule has 0 N–H and O–H groups in total. The molecule has 0 bridgehead atoms. The molecule has 2 aromatic rings. The van der Waals surface area contributed by atoms with Crippen LogP contribution in [0.4, 0.5) is 0 Å². The number of hydrogen-bond donors (Lipinski definition) is 0. The molecule has 0 saturated carbocycles. The van der Waals surface area contributed by atoms with Crippen LogP contribution < -0.4 is 5.19 Å². The van der Waals surface area contributed by atoms with E-state index in [1.807, 2.05) is 0 Å². The van der Waals surface area contributed by atoms with E-state index in [1.165, 1.54) is 43.2 Å². The van der Waals surface area contributed by atoms with E-state index in [2.05, 4.69) is 59.5 Å². The van der Waals surface area contributed by atoms with E-state index in [0.717, 1.165) is 6.54 Å². The van der Waals surface area contributed by atoms with Gasteiger partial charge in [0.25, 0.3) is 0 Å². The molecule has 2 aliphatic rings. The van der Waals surface area contributed by atoms with Crippen LogP contribution in [0.25, 0.3) is 0 Å². The largest absolute Gasteiger partial charge is 0.300 e. The summed E-state index contributed by atoms with van der Waals surface area (Å²) in [5.74, 6) is 0. The van der Waals surface area contributed by atoms with Crippen LogP contribution in [0, 0.1) is 0 Å². The Morgan fingerprint density at radius 1 is 0.810 bits per heavy atom. The van der Waals surface area contributed by atoms with Crippen LogP contribution in [-0.4, -0.2) is 26.1 Å². The molecule has 2 aromatic carbocycles. The monoisotopic (exact) mass is 293 g/mol. The summed E-state index contributed by atoms with van der Waals surface area (Å²) in [4.78, 5) is 2.66. The first-order valence-electron chi connectivity index (χ1n) is 8.20. The van der Waals surface area contributed by atoms with Crippen molar-refractivity contribution in [3.63, 3.8) is 0 Å². The second-order valence-electron chi connectivity index (χ2n) is 6.70. The summed E-state index contributed by atoms with van der Waals surface area (Å²) < 4.78 is 0. The zero-order chi connectivity index (χ0) is 14.1. The smallest absolute Gasteiger partial charge is 0.0899 e. The van der Waals surface area contributed by atoms with E-state index >= 15 is 0 Å². The number of hydrogen-bond acceptors (Lipinski definition) is 1. The molecule has 1 spiro atoms. The van der Waals surface area contributed by atoms with E-state index in [-0.39, 0.29) is 0 Å². The fourth-order valence-electron chi connectivity index (χ4n) is 4.26. The third-order valence-electron chi connectivity index (χ3n) is 5.52. The second kappa shape index (κ2) is 5.43. The highest BCUT2D eigenvalue weighted by Crippen LogP contribution is 2.33. The van der Waals surface area contributed by atoms with Crippen molar-refractivity contribution in [2.45, 2.75) is 31.1 Å². The van der Waals surface area contributed by atoms with Gasteiger partial charge < -0.3 is 0 Å². The molecule has 0 aliphatic carbocycles. The molecule has 1 saturated heterocycles. The van der Waals surface area contributed by atoms with Crippen molar-refractivity contribution in [1.82, 2.24) is 4.90 Å². The maximum absolute atomic E-state index is 2.66. The van der Waals surface area contributed by atoms with Gasteiger partial charge in [-0.3, -0.25) is 4.90 Å². The van der Waals surface area contributed by atoms with Gasteiger partial charge in [-0.2, -0.15) is 0 Å². The zero-order valence-electron chi connectivity index (χ0n) is 12.6. The molecule has 1 nitrogen and oxygen atoms in total. The van der Waals surface area contributed by atoms with Crippen molar-refractivity contribution < 1.29 is 0 Å². The van der Waals surface area contributed by atoms with Gasteiger partial charge in [0.2, 0.25) is 0 Å². The molecule has 0 amide bonds. The molecule has 2 heterocycles. The topological polar surface area (TPSA) is 3.24 Å². The lowest BCUT2D eigenvalue weighted by Crippen LogP contribution is -2.53. The van der Waals surface area contributed by atoms with Crippen molar-refractivity contribution in [2.24, 2.45) is 0 Å². The summed E-state index contributed by atoms with van der Waals surface area (Å²) in [6.07, 6.45) is 1.35. The Morgan fingerprint density at radius 2 is 1.52 bits per heavy atom. The third-order valence-corrected chi connectivity index (χ3v) is 10.7. The number of aryl methyl sites for hydroxylation is 1. The van der Waals surface area contributed by atoms with Crippen molar-refractivity contribution in [1.29, 1.82) is 0 Å². The Hall–Kier alpha value is -1.38. The SMILES string of the molecule is c1ccc(CN2CC[Si]3(CCc4ccccc43)CC2)cc1. The first-order chi connectivity index (χ1) is 10.4. The lowest BCUT2D eigenvalue weighted by molar-refractivity contribution is 0.282. The predicted molar refractivity (Wildman–Crippen MR) is 91.7 cm³/mol. The van der Waals surface area contributed by atoms with Crippen LogP contribution in [0.2, 0.25) is 18.1 Å². The molecular formula is C19H23NSi. The highest BCUT2D eigenvalue weighted by atomic mass is 28.3. The minimum absolute atomic E-state index is 1.13. The van der Waals surface area contributed by atoms with E-state index < -0.39 is 8.07 Å².